The Morgan fingerprint density at radius 2 is 2.29 bits per heavy atom. The molecule has 0 unspecified atom stereocenters. The molecule has 0 amide bonds. The molecular formula is C11H16BrN3O2. The summed E-state index contributed by atoms with van der Waals surface area (Å²) in [5.74, 6) is 0.603. The second-order valence-electron chi connectivity index (χ2n) is 3.81. The second kappa shape index (κ2) is 6.18. The summed E-state index contributed by atoms with van der Waals surface area (Å²) < 4.78 is 11.0. The van der Waals surface area contributed by atoms with Crippen LogP contribution in [0.5, 0.6) is 5.88 Å². The van der Waals surface area contributed by atoms with Crippen molar-refractivity contribution in [1.29, 1.82) is 0 Å². The summed E-state index contributed by atoms with van der Waals surface area (Å²) in [7, 11) is 1.61. The molecule has 0 aliphatic carbocycles. The molecule has 2 rings (SSSR count). The molecule has 94 valence electrons. The van der Waals surface area contributed by atoms with Crippen LogP contribution in [0.1, 0.15) is 0 Å². The van der Waals surface area contributed by atoms with Crippen molar-refractivity contribution < 1.29 is 9.47 Å². The number of nitrogens with one attached hydrogen (secondary N) is 2. The van der Waals surface area contributed by atoms with Crippen molar-refractivity contribution in [2.45, 2.75) is 6.04 Å². The molecule has 0 radical (unpaired) electrons. The van der Waals surface area contributed by atoms with Gasteiger partial charge in [-0.1, -0.05) is 0 Å². The highest BCUT2D eigenvalue weighted by Crippen LogP contribution is 2.23. The minimum absolute atomic E-state index is 0.515. The number of aromatic nitrogens is 1. The Morgan fingerprint density at radius 1 is 1.47 bits per heavy atom. The topological polar surface area (TPSA) is 55.4 Å². The first-order valence-corrected chi connectivity index (χ1v) is 6.34. The minimum atomic E-state index is 0.515. The van der Waals surface area contributed by atoms with Gasteiger partial charge in [0.2, 0.25) is 5.88 Å². The number of ether oxygens (including phenoxy) is 2. The molecule has 0 saturated carbocycles. The normalized spacial score (nSPS) is 15.4. The van der Waals surface area contributed by atoms with Crippen LogP contribution in [0.2, 0.25) is 0 Å². The quantitative estimate of drug-likeness (QED) is 0.612. The maximum Gasteiger partial charge on any atom is 0.238 e. The first kappa shape index (κ1) is 12.6. The van der Waals surface area contributed by atoms with E-state index in [2.05, 4.69) is 31.5 Å². The molecule has 0 aromatic carbocycles. The SMILES string of the molecule is COc1nc(Br)ccc1NCCNC1COC1. The summed E-state index contributed by atoms with van der Waals surface area (Å²) in [5, 5.41) is 6.66. The van der Waals surface area contributed by atoms with E-state index in [0.29, 0.717) is 11.9 Å². The number of hydrogen-bond acceptors (Lipinski definition) is 5. The van der Waals surface area contributed by atoms with Crippen LogP contribution in [-0.4, -0.2) is 44.4 Å². The molecular weight excluding hydrogens is 286 g/mol. The fourth-order valence-corrected chi connectivity index (χ4v) is 1.83. The van der Waals surface area contributed by atoms with Crippen LogP contribution in [0.25, 0.3) is 0 Å². The van der Waals surface area contributed by atoms with Crippen molar-refractivity contribution in [3.63, 3.8) is 0 Å². The summed E-state index contributed by atoms with van der Waals surface area (Å²) in [6, 6.07) is 4.35. The highest BCUT2D eigenvalue weighted by atomic mass is 79.9. The van der Waals surface area contributed by atoms with Crippen molar-refractivity contribution in [3.8, 4) is 5.88 Å². The van der Waals surface area contributed by atoms with E-state index < -0.39 is 0 Å². The van der Waals surface area contributed by atoms with E-state index in [-0.39, 0.29) is 0 Å². The molecule has 1 aliphatic heterocycles. The Bertz CT molecular complexity index is 372. The zero-order valence-electron chi connectivity index (χ0n) is 9.70. The van der Waals surface area contributed by atoms with Gasteiger partial charge in [-0.15, -0.1) is 0 Å². The highest BCUT2D eigenvalue weighted by molar-refractivity contribution is 9.10. The third-order valence-corrected chi connectivity index (χ3v) is 2.97. The molecule has 17 heavy (non-hydrogen) atoms. The van der Waals surface area contributed by atoms with Gasteiger partial charge in [-0.2, -0.15) is 0 Å². The van der Waals surface area contributed by atoms with E-state index in [1.54, 1.807) is 7.11 Å². The Morgan fingerprint density at radius 3 is 2.94 bits per heavy atom. The molecule has 6 heteroatoms. The average molecular weight is 302 g/mol. The molecule has 1 aromatic heterocycles. The van der Waals surface area contributed by atoms with Crippen LogP contribution in [0, 0.1) is 0 Å². The van der Waals surface area contributed by atoms with Gasteiger partial charge in [0, 0.05) is 13.1 Å². The lowest BCUT2D eigenvalue weighted by Gasteiger charge is -2.27. The van der Waals surface area contributed by atoms with Crippen molar-refractivity contribution in [3.05, 3.63) is 16.7 Å². The standard InChI is InChI=1S/C11H16BrN3O2/c1-16-11-9(2-3-10(12)15-11)14-5-4-13-8-6-17-7-8/h2-3,8,13-14H,4-7H2,1H3. The lowest BCUT2D eigenvalue weighted by molar-refractivity contribution is -0.00433. The van der Waals surface area contributed by atoms with E-state index >= 15 is 0 Å². The number of nitrogens with zero attached hydrogens (tertiary/aromatic N) is 1. The molecule has 2 N–H and O–H groups in total. The second-order valence-corrected chi connectivity index (χ2v) is 4.62. The van der Waals surface area contributed by atoms with Gasteiger partial charge in [0.15, 0.2) is 0 Å². The van der Waals surface area contributed by atoms with E-state index in [1.165, 1.54) is 0 Å². The largest absolute Gasteiger partial charge is 0.479 e. The fourth-order valence-electron chi connectivity index (χ4n) is 1.54. The van der Waals surface area contributed by atoms with Gasteiger partial charge >= 0.3 is 0 Å². The van der Waals surface area contributed by atoms with Crippen LogP contribution in [-0.2, 0) is 4.74 Å². The van der Waals surface area contributed by atoms with Crippen LogP contribution >= 0.6 is 15.9 Å². The van der Waals surface area contributed by atoms with E-state index in [0.717, 1.165) is 36.6 Å². The lowest BCUT2D eigenvalue weighted by Crippen LogP contribution is -2.47. The zero-order valence-corrected chi connectivity index (χ0v) is 11.3. The Kier molecular flexibility index (Phi) is 4.58. The van der Waals surface area contributed by atoms with Gasteiger partial charge in [0.1, 0.15) is 4.60 Å². The Labute approximate surface area is 109 Å². The summed E-state index contributed by atoms with van der Waals surface area (Å²) in [4.78, 5) is 4.22. The number of methoxy groups -OCH3 is 1. The predicted molar refractivity (Wildman–Crippen MR) is 69.6 cm³/mol. The number of hydrogen-bond donors (Lipinski definition) is 2. The van der Waals surface area contributed by atoms with Gasteiger partial charge in [-0.05, 0) is 28.1 Å². The first-order valence-electron chi connectivity index (χ1n) is 5.55. The Balaban J connectivity index is 1.77. The maximum absolute atomic E-state index is 5.19. The molecule has 2 heterocycles. The van der Waals surface area contributed by atoms with Crippen molar-refractivity contribution in [2.24, 2.45) is 0 Å². The van der Waals surface area contributed by atoms with Crippen molar-refractivity contribution in [1.82, 2.24) is 10.3 Å². The molecule has 1 fully saturated rings. The third-order valence-electron chi connectivity index (χ3n) is 2.53. The fraction of sp³-hybridized carbons (Fsp3) is 0.545. The van der Waals surface area contributed by atoms with Crippen molar-refractivity contribution >= 4 is 21.6 Å². The molecule has 0 atom stereocenters. The van der Waals surface area contributed by atoms with E-state index in [1.807, 2.05) is 12.1 Å². The maximum atomic E-state index is 5.19. The predicted octanol–water partition coefficient (Wildman–Crippen LogP) is 1.25. The molecule has 1 aliphatic rings. The van der Waals surface area contributed by atoms with Gasteiger partial charge in [0.25, 0.3) is 0 Å². The van der Waals surface area contributed by atoms with E-state index in [9.17, 15) is 0 Å². The summed E-state index contributed by atoms with van der Waals surface area (Å²) in [6.45, 7) is 3.37. The summed E-state index contributed by atoms with van der Waals surface area (Å²) >= 11 is 3.31. The van der Waals surface area contributed by atoms with Crippen LogP contribution in [0.4, 0.5) is 5.69 Å². The van der Waals surface area contributed by atoms with Gasteiger partial charge in [0.05, 0.1) is 32.1 Å². The third kappa shape index (κ3) is 3.55. The zero-order chi connectivity index (χ0) is 12.1. The molecule has 5 nitrogen and oxygen atoms in total. The van der Waals surface area contributed by atoms with Gasteiger partial charge < -0.3 is 20.1 Å². The van der Waals surface area contributed by atoms with Crippen LogP contribution < -0.4 is 15.4 Å². The summed E-state index contributed by atoms with van der Waals surface area (Å²) in [6.07, 6.45) is 0. The molecule has 1 saturated heterocycles. The average Bonchev–Trinajstić information content (AvgIpc) is 2.28. The first-order chi connectivity index (χ1) is 8.29. The highest BCUT2D eigenvalue weighted by Gasteiger charge is 2.16. The van der Waals surface area contributed by atoms with Crippen molar-refractivity contribution in [2.75, 3.05) is 38.7 Å². The molecule has 0 spiro atoms. The van der Waals surface area contributed by atoms with Crippen LogP contribution in [0.3, 0.4) is 0 Å². The smallest absolute Gasteiger partial charge is 0.238 e. The summed E-state index contributed by atoms with van der Waals surface area (Å²) in [5.41, 5.74) is 0.905. The number of anilines is 1. The Hall–Kier alpha value is -0.850. The van der Waals surface area contributed by atoms with Gasteiger partial charge in [-0.25, -0.2) is 4.98 Å². The molecule has 1 aromatic rings. The van der Waals surface area contributed by atoms with Gasteiger partial charge in [-0.3, -0.25) is 0 Å². The lowest BCUT2D eigenvalue weighted by atomic mass is 10.2. The van der Waals surface area contributed by atoms with E-state index in [4.69, 9.17) is 9.47 Å². The number of rotatable bonds is 6. The number of halogens is 1. The minimum Gasteiger partial charge on any atom is -0.479 e. The number of pyridine rings is 1. The molecule has 0 bridgehead atoms. The monoisotopic (exact) mass is 301 g/mol. The van der Waals surface area contributed by atoms with Crippen LogP contribution in [0.15, 0.2) is 16.7 Å².